The van der Waals surface area contributed by atoms with Crippen LogP contribution in [0.5, 0.6) is 0 Å². The second kappa shape index (κ2) is 5.48. The molecule has 0 aliphatic rings. The lowest BCUT2D eigenvalue weighted by molar-refractivity contribution is 0.0959. The predicted octanol–water partition coefficient (Wildman–Crippen LogP) is 2.26. The van der Waals surface area contributed by atoms with Crippen molar-refractivity contribution in [2.75, 3.05) is 0 Å². The number of hydrogen-bond acceptors (Lipinski definition) is 3. The van der Waals surface area contributed by atoms with Crippen LogP contribution in [0.4, 0.5) is 0 Å². The van der Waals surface area contributed by atoms with E-state index in [0.29, 0.717) is 4.88 Å². The Kier molecular flexibility index (Phi) is 4.18. The van der Waals surface area contributed by atoms with E-state index < -0.39 is 0 Å². The molecule has 0 aliphatic carbocycles. The lowest BCUT2D eigenvalue weighted by atomic mass is 10.4. The summed E-state index contributed by atoms with van der Waals surface area (Å²) in [4.78, 5) is 11.9. The SMILES string of the molecule is CCC/C=N/NC(=O)c1cccs1. The van der Waals surface area contributed by atoms with Gasteiger partial charge in [-0.05, 0) is 17.9 Å². The summed E-state index contributed by atoms with van der Waals surface area (Å²) < 4.78 is 0. The van der Waals surface area contributed by atoms with Crippen molar-refractivity contribution in [2.24, 2.45) is 5.10 Å². The molecule has 0 atom stereocenters. The average Bonchev–Trinajstić information content (AvgIpc) is 2.65. The number of thiophene rings is 1. The molecule has 1 amide bonds. The summed E-state index contributed by atoms with van der Waals surface area (Å²) in [5, 5.41) is 5.66. The molecule has 70 valence electrons. The van der Waals surface area contributed by atoms with Gasteiger partial charge >= 0.3 is 0 Å². The Labute approximate surface area is 81.5 Å². The Bertz CT molecular complexity index is 280. The van der Waals surface area contributed by atoms with Crippen LogP contribution >= 0.6 is 11.3 Å². The highest BCUT2D eigenvalue weighted by Gasteiger charge is 2.02. The second-order valence-corrected chi connectivity index (χ2v) is 3.47. The number of nitrogens with zero attached hydrogens (tertiary/aromatic N) is 1. The summed E-state index contributed by atoms with van der Waals surface area (Å²) in [6.07, 6.45) is 3.65. The van der Waals surface area contributed by atoms with Crippen LogP contribution in [0.15, 0.2) is 22.6 Å². The van der Waals surface area contributed by atoms with Crippen LogP contribution in [0.25, 0.3) is 0 Å². The number of hydrogen-bond donors (Lipinski definition) is 1. The minimum Gasteiger partial charge on any atom is -0.266 e. The molecule has 0 bridgehead atoms. The largest absolute Gasteiger partial charge is 0.281 e. The Morgan fingerprint density at radius 3 is 3.23 bits per heavy atom. The van der Waals surface area contributed by atoms with E-state index in [0.717, 1.165) is 12.8 Å². The van der Waals surface area contributed by atoms with Crippen LogP contribution in [0.2, 0.25) is 0 Å². The van der Waals surface area contributed by atoms with E-state index in [1.165, 1.54) is 11.3 Å². The van der Waals surface area contributed by atoms with Gasteiger partial charge in [0.15, 0.2) is 0 Å². The van der Waals surface area contributed by atoms with Crippen LogP contribution in [0.1, 0.15) is 29.4 Å². The topological polar surface area (TPSA) is 41.5 Å². The summed E-state index contributed by atoms with van der Waals surface area (Å²) in [5.41, 5.74) is 2.46. The van der Waals surface area contributed by atoms with Gasteiger partial charge in [0.05, 0.1) is 4.88 Å². The molecule has 13 heavy (non-hydrogen) atoms. The first-order valence-corrected chi connectivity index (χ1v) is 5.08. The van der Waals surface area contributed by atoms with E-state index in [-0.39, 0.29) is 5.91 Å². The monoisotopic (exact) mass is 196 g/mol. The summed E-state index contributed by atoms with van der Waals surface area (Å²) in [6.45, 7) is 2.06. The number of carbonyl (C=O) groups excluding carboxylic acids is 1. The number of amides is 1. The van der Waals surface area contributed by atoms with E-state index in [1.54, 1.807) is 12.3 Å². The standard InChI is InChI=1S/C9H12N2OS/c1-2-3-6-10-11-9(12)8-5-4-7-13-8/h4-7H,2-3H2,1H3,(H,11,12)/b10-6+. The fourth-order valence-electron chi connectivity index (χ4n) is 0.761. The number of rotatable bonds is 4. The normalized spacial score (nSPS) is 10.5. The first-order chi connectivity index (χ1) is 6.34. The molecule has 3 nitrogen and oxygen atoms in total. The fraction of sp³-hybridized carbons (Fsp3) is 0.333. The van der Waals surface area contributed by atoms with Gasteiger partial charge in [-0.25, -0.2) is 5.43 Å². The average molecular weight is 196 g/mol. The van der Waals surface area contributed by atoms with E-state index in [1.807, 2.05) is 11.4 Å². The van der Waals surface area contributed by atoms with Gasteiger partial charge in [0.1, 0.15) is 0 Å². The lowest BCUT2D eigenvalue weighted by Crippen LogP contribution is -2.15. The van der Waals surface area contributed by atoms with Crippen molar-refractivity contribution in [1.82, 2.24) is 5.43 Å². The molecule has 0 saturated heterocycles. The molecule has 0 aliphatic heterocycles. The third-order valence-electron chi connectivity index (χ3n) is 1.42. The molecule has 4 heteroatoms. The smallest absolute Gasteiger partial charge is 0.266 e. The zero-order valence-corrected chi connectivity index (χ0v) is 8.30. The van der Waals surface area contributed by atoms with Gasteiger partial charge in [0.2, 0.25) is 0 Å². The summed E-state index contributed by atoms with van der Waals surface area (Å²) in [6, 6.07) is 3.62. The lowest BCUT2D eigenvalue weighted by Gasteiger charge is -1.93. The molecule has 1 rings (SSSR count). The fourth-order valence-corrected chi connectivity index (χ4v) is 1.37. The van der Waals surface area contributed by atoms with Gasteiger partial charge in [-0.15, -0.1) is 11.3 Å². The molecule has 0 spiro atoms. The Morgan fingerprint density at radius 2 is 2.62 bits per heavy atom. The highest BCUT2D eigenvalue weighted by atomic mass is 32.1. The Balaban J connectivity index is 2.34. The number of nitrogens with one attached hydrogen (secondary N) is 1. The molecule has 0 unspecified atom stereocenters. The van der Waals surface area contributed by atoms with Crippen LogP contribution in [-0.2, 0) is 0 Å². The minimum absolute atomic E-state index is 0.137. The molecule has 1 aromatic heterocycles. The highest BCUT2D eigenvalue weighted by Crippen LogP contribution is 2.07. The number of hydrazone groups is 1. The molecule has 1 heterocycles. The quantitative estimate of drug-likeness (QED) is 0.582. The summed E-state index contributed by atoms with van der Waals surface area (Å²) in [7, 11) is 0. The van der Waals surface area contributed by atoms with E-state index in [2.05, 4.69) is 17.5 Å². The van der Waals surface area contributed by atoms with Crippen molar-refractivity contribution >= 4 is 23.5 Å². The molecule has 1 aromatic rings. The van der Waals surface area contributed by atoms with Crippen LogP contribution < -0.4 is 5.43 Å². The van der Waals surface area contributed by atoms with Gasteiger partial charge in [-0.1, -0.05) is 19.4 Å². The second-order valence-electron chi connectivity index (χ2n) is 2.52. The van der Waals surface area contributed by atoms with E-state index in [4.69, 9.17) is 0 Å². The Hall–Kier alpha value is -1.16. The zero-order chi connectivity index (χ0) is 9.52. The minimum atomic E-state index is -0.137. The van der Waals surface area contributed by atoms with Gasteiger partial charge in [-0.3, -0.25) is 4.79 Å². The van der Waals surface area contributed by atoms with Crippen LogP contribution in [0.3, 0.4) is 0 Å². The van der Waals surface area contributed by atoms with Crippen molar-refractivity contribution in [3.8, 4) is 0 Å². The molecular formula is C9H12N2OS. The summed E-state index contributed by atoms with van der Waals surface area (Å²) >= 11 is 1.41. The highest BCUT2D eigenvalue weighted by molar-refractivity contribution is 7.12. The number of unbranched alkanes of at least 4 members (excludes halogenated alkanes) is 1. The van der Waals surface area contributed by atoms with Crippen LogP contribution in [-0.4, -0.2) is 12.1 Å². The van der Waals surface area contributed by atoms with Crippen molar-refractivity contribution in [1.29, 1.82) is 0 Å². The van der Waals surface area contributed by atoms with Crippen molar-refractivity contribution in [3.63, 3.8) is 0 Å². The maximum absolute atomic E-state index is 11.3. The molecule has 0 aromatic carbocycles. The first kappa shape index (κ1) is 9.92. The maximum Gasteiger partial charge on any atom is 0.281 e. The van der Waals surface area contributed by atoms with Crippen LogP contribution in [0, 0.1) is 0 Å². The number of carbonyl (C=O) groups is 1. The van der Waals surface area contributed by atoms with Crippen molar-refractivity contribution in [2.45, 2.75) is 19.8 Å². The zero-order valence-electron chi connectivity index (χ0n) is 7.49. The van der Waals surface area contributed by atoms with E-state index >= 15 is 0 Å². The molecular weight excluding hydrogens is 184 g/mol. The third kappa shape index (κ3) is 3.38. The van der Waals surface area contributed by atoms with Crippen molar-refractivity contribution in [3.05, 3.63) is 22.4 Å². The Morgan fingerprint density at radius 1 is 1.77 bits per heavy atom. The van der Waals surface area contributed by atoms with Gasteiger partial charge in [0.25, 0.3) is 5.91 Å². The molecule has 1 N–H and O–H groups in total. The van der Waals surface area contributed by atoms with Crippen molar-refractivity contribution < 1.29 is 4.79 Å². The van der Waals surface area contributed by atoms with Gasteiger partial charge in [-0.2, -0.15) is 5.10 Å². The molecule has 0 fully saturated rings. The molecule has 0 radical (unpaired) electrons. The van der Waals surface area contributed by atoms with Gasteiger partial charge in [0, 0.05) is 6.21 Å². The van der Waals surface area contributed by atoms with E-state index in [9.17, 15) is 4.79 Å². The molecule has 0 saturated carbocycles. The predicted molar refractivity (Wildman–Crippen MR) is 55.2 cm³/mol. The first-order valence-electron chi connectivity index (χ1n) is 4.20. The third-order valence-corrected chi connectivity index (χ3v) is 2.29. The summed E-state index contributed by atoms with van der Waals surface area (Å²) in [5.74, 6) is -0.137. The van der Waals surface area contributed by atoms with Gasteiger partial charge < -0.3 is 0 Å². The maximum atomic E-state index is 11.3.